The topological polar surface area (TPSA) is 41.3 Å². The third-order valence-electron chi connectivity index (χ3n) is 4.66. The van der Waals surface area contributed by atoms with Crippen molar-refractivity contribution in [2.24, 2.45) is 5.84 Å². The molecule has 1 unspecified atom stereocenters. The average molecular weight is 261 g/mol. The maximum absolute atomic E-state index is 5.87. The number of rotatable bonds is 4. The number of nitrogens with two attached hydrogens (primary N) is 1. The van der Waals surface area contributed by atoms with E-state index in [0.717, 1.165) is 0 Å². The van der Waals surface area contributed by atoms with Gasteiger partial charge in [-0.2, -0.15) is 0 Å². The first-order valence-corrected chi connectivity index (χ1v) is 7.25. The predicted octanol–water partition coefficient (Wildman–Crippen LogP) is 2.68. The SMILES string of the molecule is Cc1ccc(C(NN)C(C)(C)N2CCCC2)cc1C. The number of nitrogens with zero attached hydrogens (tertiary/aromatic N) is 1. The van der Waals surface area contributed by atoms with E-state index < -0.39 is 0 Å². The van der Waals surface area contributed by atoms with Gasteiger partial charge in [0.1, 0.15) is 0 Å². The highest BCUT2D eigenvalue weighted by Gasteiger charge is 2.37. The van der Waals surface area contributed by atoms with E-state index in [-0.39, 0.29) is 11.6 Å². The van der Waals surface area contributed by atoms with E-state index in [0.29, 0.717) is 0 Å². The first-order valence-electron chi connectivity index (χ1n) is 7.25. The lowest BCUT2D eigenvalue weighted by Gasteiger charge is -2.42. The molecular weight excluding hydrogens is 234 g/mol. The smallest absolute Gasteiger partial charge is 0.0638 e. The second kappa shape index (κ2) is 5.61. The zero-order valence-electron chi connectivity index (χ0n) is 12.7. The summed E-state index contributed by atoms with van der Waals surface area (Å²) in [6, 6.07) is 6.81. The molecule has 1 saturated heterocycles. The van der Waals surface area contributed by atoms with Gasteiger partial charge in [0.05, 0.1) is 6.04 Å². The second-order valence-corrected chi connectivity index (χ2v) is 6.29. The third-order valence-corrected chi connectivity index (χ3v) is 4.66. The molecule has 3 heteroatoms. The van der Waals surface area contributed by atoms with Crippen molar-refractivity contribution in [3.8, 4) is 0 Å². The molecule has 3 N–H and O–H groups in total. The highest BCUT2D eigenvalue weighted by atomic mass is 15.3. The largest absolute Gasteiger partial charge is 0.296 e. The van der Waals surface area contributed by atoms with Gasteiger partial charge in [0.25, 0.3) is 0 Å². The van der Waals surface area contributed by atoms with Crippen molar-refractivity contribution >= 4 is 0 Å². The molecule has 19 heavy (non-hydrogen) atoms. The molecule has 0 saturated carbocycles. The molecule has 2 rings (SSSR count). The van der Waals surface area contributed by atoms with Crippen LogP contribution in [-0.2, 0) is 0 Å². The second-order valence-electron chi connectivity index (χ2n) is 6.29. The highest BCUT2D eigenvalue weighted by Crippen LogP contribution is 2.33. The van der Waals surface area contributed by atoms with Crippen molar-refractivity contribution in [1.82, 2.24) is 10.3 Å². The van der Waals surface area contributed by atoms with Crippen LogP contribution in [0.3, 0.4) is 0 Å². The minimum Gasteiger partial charge on any atom is -0.296 e. The molecule has 1 fully saturated rings. The van der Waals surface area contributed by atoms with Crippen LogP contribution in [0.5, 0.6) is 0 Å². The van der Waals surface area contributed by atoms with Gasteiger partial charge in [0, 0.05) is 5.54 Å². The minimum absolute atomic E-state index is 0.0347. The Hall–Kier alpha value is -0.900. The zero-order valence-corrected chi connectivity index (χ0v) is 12.7. The molecule has 1 aromatic carbocycles. The van der Waals surface area contributed by atoms with Gasteiger partial charge in [-0.15, -0.1) is 0 Å². The first-order chi connectivity index (χ1) is 8.96. The van der Waals surface area contributed by atoms with E-state index in [2.05, 4.69) is 56.2 Å². The summed E-state index contributed by atoms with van der Waals surface area (Å²) in [6.45, 7) is 11.2. The molecule has 1 aromatic rings. The lowest BCUT2D eigenvalue weighted by Crippen LogP contribution is -2.53. The van der Waals surface area contributed by atoms with Crippen LogP contribution < -0.4 is 11.3 Å². The van der Waals surface area contributed by atoms with Crippen LogP contribution in [0.2, 0.25) is 0 Å². The number of likely N-dealkylation sites (tertiary alicyclic amines) is 1. The van der Waals surface area contributed by atoms with Crippen LogP contribution >= 0.6 is 0 Å². The fraction of sp³-hybridized carbons (Fsp3) is 0.625. The molecule has 3 nitrogen and oxygen atoms in total. The Morgan fingerprint density at radius 1 is 1.16 bits per heavy atom. The van der Waals surface area contributed by atoms with E-state index in [4.69, 9.17) is 5.84 Å². The quantitative estimate of drug-likeness (QED) is 0.647. The summed E-state index contributed by atoms with van der Waals surface area (Å²) in [5, 5.41) is 0. The highest BCUT2D eigenvalue weighted by molar-refractivity contribution is 5.33. The van der Waals surface area contributed by atoms with Crippen molar-refractivity contribution in [3.63, 3.8) is 0 Å². The van der Waals surface area contributed by atoms with Crippen LogP contribution in [0, 0.1) is 13.8 Å². The Labute approximate surface area is 117 Å². The standard InChI is InChI=1S/C16H27N3/c1-12-7-8-14(11-13(12)2)15(18-17)16(3,4)19-9-5-6-10-19/h7-8,11,15,18H,5-6,9-10,17H2,1-4H3. The van der Waals surface area contributed by atoms with Crippen LogP contribution in [0.25, 0.3) is 0 Å². The summed E-state index contributed by atoms with van der Waals surface area (Å²) in [5.41, 5.74) is 7.02. The molecule has 0 aromatic heterocycles. The third kappa shape index (κ3) is 2.83. The van der Waals surface area contributed by atoms with Crippen molar-refractivity contribution in [1.29, 1.82) is 0 Å². The van der Waals surface area contributed by atoms with Gasteiger partial charge in [-0.3, -0.25) is 16.2 Å². The number of hydrogen-bond donors (Lipinski definition) is 2. The molecular formula is C16H27N3. The Morgan fingerprint density at radius 2 is 1.79 bits per heavy atom. The summed E-state index contributed by atoms with van der Waals surface area (Å²) < 4.78 is 0. The number of benzene rings is 1. The van der Waals surface area contributed by atoms with Crippen molar-refractivity contribution in [3.05, 3.63) is 34.9 Å². The molecule has 1 aliphatic rings. The Morgan fingerprint density at radius 3 is 2.32 bits per heavy atom. The number of nitrogens with one attached hydrogen (secondary N) is 1. The maximum Gasteiger partial charge on any atom is 0.0638 e. The number of aryl methyl sites for hydroxylation is 2. The van der Waals surface area contributed by atoms with Gasteiger partial charge in [-0.25, -0.2) is 0 Å². The van der Waals surface area contributed by atoms with Crippen molar-refractivity contribution in [2.45, 2.75) is 52.1 Å². The molecule has 0 radical (unpaired) electrons. The number of hydrogen-bond acceptors (Lipinski definition) is 3. The molecule has 0 bridgehead atoms. The van der Waals surface area contributed by atoms with Gasteiger partial charge in [-0.1, -0.05) is 18.2 Å². The summed E-state index contributed by atoms with van der Waals surface area (Å²) in [4.78, 5) is 2.55. The zero-order chi connectivity index (χ0) is 14.0. The summed E-state index contributed by atoms with van der Waals surface area (Å²) in [7, 11) is 0. The molecule has 1 heterocycles. The van der Waals surface area contributed by atoms with E-state index in [1.165, 1.54) is 42.6 Å². The monoisotopic (exact) mass is 261 g/mol. The van der Waals surface area contributed by atoms with Crippen molar-refractivity contribution in [2.75, 3.05) is 13.1 Å². The van der Waals surface area contributed by atoms with Gasteiger partial charge in [0.2, 0.25) is 0 Å². The number of hydrazine groups is 1. The summed E-state index contributed by atoms with van der Waals surface area (Å²) >= 11 is 0. The summed E-state index contributed by atoms with van der Waals surface area (Å²) in [5.74, 6) is 5.87. The molecule has 0 spiro atoms. The minimum atomic E-state index is 0.0347. The van der Waals surface area contributed by atoms with Crippen molar-refractivity contribution < 1.29 is 0 Å². The van der Waals surface area contributed by atoms with Gasteiger partial charge >= 0.3 is 0 Å². The van der Waals surface area contributed by atoms with Crippen LogP contribution in [-0.4, -0.2) is 23.5 Å². The summed E-state index contributed by atoms with van der Waals surface area (Å²) in [6.07, 6.45) is 2.60. The lowest BCUT2D eigenvalue weighted by molar-refractivity contribution is 0.107. The van der Waals surface area contributed by atoms with Gasteiger partial charge in [-0.05, 0) is 70.3 Å². The Kier molecular flexibility index (Phi) is 4.29. The average Bonchev–Trinajstić information content (AvgIpc) is 2.88. The van der Waals surface area contributed by atoms with E-state index >= 15 is 0 Å². The van der Waals surface area contributed by atoms with E-state index in [1.54, 1.807) is 0 Å². The molecule has 1 atom stereocenters. The van der Waals surface area contributed by atoms with Crippen LogP contribution in [0.15, 0.2) is 18.2 Å². The maximum atomic E-state index is 5.87. The first kappa shape index (κ1) is 14.5. The van der Waals surface area contributed by atoms with E-state index in [1.807, 2.05) is 0 Å². The van der Waals surface area contributed by atoms with Gasteiger partial charge in [0.15, 0.2) is 0 Å². The van der Waals surface area contributed by atoms with Crippen LogP contribution in [0.1, 0.15) is 49.4 Å². The molecule has 0 amide bonds. The van der Waals surface area contributed by atoms with Gasteiger partial charge < -0.3 is 0 Å². The molecule has 106 valence electrons. The van der Waals surface area contributed by atoms with E-state index in [9.17, 15) is 0 Å². The normalized spacial score (nSPS) is 18.8. The van der Waals surface area contributed by atoms with Crippen LogP contribution in [0.4, 0.5) is 0 Å². The fourth-order valence-corrected chi connectivity index (χ4v) is 3.13. The lowest BCUT2D eigenvalue weighted by atomic mass is 9.86. The Bertz CT molecular complexity index is 434. The Balaban J connectivity index is 2.29. The fourth-order valence-electron chi connectivity index (χ4n) is 3.13. The predicted molar refractivity (Wildman–Crippen MR) is 80.9 cm³/mol. The molecule has 1 aliphatic heterocycles. The molecule has 0 aliphatic carbocycles.